The lowest BCUT2D eigenvalue weighted by Crippen LogP contribution is -3.13. The highest BCUT2D eigenvalue weighted by atomic mass is 16.3. The van der Waals surface area contributed by atoms with Gasteiger partial charge in [0.25, 0.3) is 5.91 Å². The number of carbonyl (C=O) groups is 1. The van der Waals surface area contributed by atoms with Crippen LogP contribution in [0.5, 0.6) is 0 Å². The average Bonchev–Trinajstić information content (AvgIpc) is 3.01. The summed E-state index contributed by atoms with van der Waals surface area (Å²) in [5, 5.41) is 0. The molecule has 1 fully saturated rings. The summed E-state index contributed by atoms with van der Waals surface area (Å²) in [5.41, 5.74) is 2.68. The van der Waals surface area contributed by atoms with Crippen LogP contribution in [0.1, 0.15) is 21.7 Å². The minimum Gasteiger partial charge on any atom is -0.459 e. The molecule has 1 aromatic heterocycles. The predicted octanol–water partition coefficient (Wildman–Crippen LogP) is 1.13. The normalized spacial score (nSPS) is 16.1. The van der Waals surface area contributed by atoms with Crippen molar-refractivity contribution in [3.05, 3.63) is 59.5 Å². The standard InChI is InChI=1S/C17H20N2O2/c1-14-4-2-5-15(12-14)13-18-7-9-19(10-8-18)17(20)16-6-3-11-21-16/h2-6,11-12H,7-10,13H2,1H3/p+1. The number of carbonyl (C=O) groups excluding carboxylic acids is 1. The van der Waals surface area contributed by atoms with Crippen molar-refractivity contribution in [2.75, 3.05) is 26.2 Å². The van der Waals surface area contributed by atoms with Gasteiger partial charge in [-0.15, -0.1) is 0 Å². The van der Waals surface area contributed by atoms with Gasteiger partial charge in [-0.2, -0.15) is 0 Å². The van der Waals surface area contributed by atoms with Crippen molar-refractivity contribution in [2.24, 2.45) is 0 Å². The summed E-state index contributed by atoms with van der Waals surface area (Å²) < 4.78 is 5.19. The first-order chi connectivity index (χ1) is 10.2. The Morgan fingerprint density at radius 1 is 1.24 bits per heavy atom. The van der Waals surface area contributed by atoms with Gasteiger partial charge in [0.15, 0.2) is 5.76 Å². The van der Waals surface area contributed by atoms with E-state index in [1.807, 2.05) is 4.90 Å². The maximum Gasteiger partial charge on any atom is 0.289 e. The highest BCUT2D eigenvalue weighted by molar-refractivity contribution is 5.91. The molecule has 2 aromatic rings. The van der Waals surface area contributed by atoms with Crippen LogP contribution in [0.25, 0.3) is 0 Å². The Morgan fingerprint density at radius 3 is 2.71 bits per heavy atom. The summed E-state index contributed by atoms with van der Waals surface area (Å²) in [6.45, 7) is 6.71. The van der Waals surface area contributed by atoms with Crippen LogP contribution in [0.3, 0.4) is 0 Å². The van der Waals surface area contributed by atoms with Crippen LogP contribution >= 0.6 is 0 Å². The molecular formula is C17H21N2O2+. The molecule has 110 valence electrons. The predicted molar refractivity (Wildman–Crippen MR) is 80.2 cm³/mol. The second-order valence-corrected chi connectivity index (χ2v) is 5.69. The monoisotopic (exact) mass is 285 g/mol. The highest BCUT2D eigenvalue weighted by Gasteiger charge is 2.25. The molecule has 0 atom stereocenters. The van der Waals surface area contributed by atoms with E-state index in [9.17, 15) is 4.79 Å². The van der Waals surface area contributed by atoms with Gasteiger partial charge in [0.1, 0.15) is 6.54 Å². The minimum absolute atomic E-state index is 0.00889. The largest absolute Gasteiger partial charge is 0.459 e. The van der Waals surface area contributed by atoms with Gasteiger partial charge in [-0.1, -0.05) is 29.8 Å². The van der Waals surface area contributed by atoms with E-state index in [0.29, 0.717) is 5.76 Å². The zero-order chi connectivity index (χ0) is 14.7. The third kappa shape index (κ3) is 3.34. The number of quaternary nitrogens is 1. The number of hydrogen-bond acceptors (Lipinski definition) is 2. The number of hydrogen-bond donors (Lipinski definition) is 1. The summed E-state index contributed by atoms with van der Waals surface area (Å²) >= 11 is 0. The Labute approximate surface area is 125 Å². The fourth-order valence-corrected chi connectivity index (χ4v) is 2.87. The number of benzene rings is 1. The zero-order valence-corrected chi connectivity index (χ0v) is 12.3. The van der Waals surface area contributed by atoms with Gasteiger partial charge in [-0.25, -0.2) is 0 Å². The van der Waals surface area contributed by atoms with Crippen molar-refractivity contribution in [3.8, 4) is 0 Å². The number of rotatable bonds is 3. The summed E-state index contributed by atoms with van der Waals surface area (Å²) in [6.07, 6.45) is 1.55. The first-order valence-corrected chi connectivity index (χ1v) is 7.44. The molecule has 0 radical (unpaired) electrons. The Kier molecular flexibility index (Phi) is 4.06. The Bertz CT molecular complexity index is 599. The molecule has 3 rings (SSSR count). The Balaban J connectivity index is 1.54. The van der Waals surface area contributed by atoms with E-state index in [1.54, 1.807) is 18.4 Å². The molecule has 4 nitrogen and oxygen atoms in total. The molecule has 0 aliphatic carbocycles. The second kappa shape index (κ2) is 6.14. The van der Waals surface area contributed by atoms with Gasteiger partial charge in [0.2, 0.25) is 0 Å². The van der Waals surface area contributed by atoms with Gasteiger partial charge in [-0.05, 0) is 19.1 Å². The molecule has 1 aliphatic rings. The molecule has 1 amide bonds. The second-order valence-electron chi connectivity index (χ2n) is 5.69. The lowest BCUT2D eigenvalue weighted by molar-refractivity contribution is -0.917. The fourth-order valence-electron chi connectivity index (χ4n) is 2.87. The van der Waals surface area contributed by atoms with E-state index >= 15 is 0 Å². The van der Waals surface area contributed by atoms with Gasteiger partial charge in [-0.3, -0.25) is 4.79 Å². The smallest absolute Gasteiger partial charge is 0.289 e. The van der Waals surface area contributed by atoms with Gasteiger partial charge < -0.3 is 14.2 Å². The van der Waals surface area contributed by atoms with E-state index in [0.717, 1.165) is 32.7 Å². The number of nitrogens with zero attached hydrogens (tertiary/aromatic N) is 1. The van der Waals surface area contributed by atoms with Crippen molar-refractivity contribution in [1.29, 1.82) is 0 Å². The van der Waals surface area contributed by atoms with Crippen molar-refractivity contribution >= 4 is 5.91 Å². The summed E-state index contributed by atoms with van der Waals surface area (Å²) in [7, 11) is 0. The van der Waals surface area contributed by atoms with Crippen LogP contribution in [0.4, 0.5) is 0 Å². The van der Waals surface area contributed by atoms with Crippen molar-refractivity contribution in [1.82, 2.24) is 4.90 Å². The van der Waals surface area contributed by atoms with Gasteiger partial charge >= 0.3 is 0 Å². The van der Waals surface area contributed by atoms with Gasteiger partial charge in [0, 0.05) is 5.56 Å². The molecule has 1 aliphatic heterocycles. The average molecular weight is 285 g/mol. The lowest BCUT2D eigenvalue weighted by Gasteiger charge is -2.31. The molecule has 21 heavy (non-hydrogen) atoms. The molecule has 0 spiro atoms. The number of piperazine rings is 1. The van der Waals surface area contributed by atoms with Crippen LogP contribution < -0.4 is 4.90 Å². The lowest BCUT2D eigenvalue weighted by atomic mass is 10.1. The Morgan fingerprint density at radius 2 is 2.05 bits per heavy atom. The molecule has 1 saturated heterocycles. The Hall–Kier alpha value is -2.07. The maximum absolute atomic E-state index is 12.2. The number of furan rings is 1. The first kappa shape index (κ1) is 13.9. The molecular weight excluding hydrogens is 264 g/mol. The SMILES string of the molecule is Cc1cccc(C[NH+]2CCN(C(=O)c3ccco3)CC2)c1. The van der Waals surface area contributed by atoms with Crippen LogP contribution in [-0.2, 0) is 6.54 Å². The van der Waals surface area contributed by atoms with E-state index in [4.69, 9.17) is 4.42 Å². The molecule has 1 aromatic carbocycles. The third-order valence-corrected chi connectivity index (χ3v) is 4.03. The van der Waals surface area contributed by atoms with Crippen LogP contribution in [0, 0.1) is 6.92 Å². The summed E-state index contributed by atoms with van der Waals surface area (Å²) in [6, 6.07) is 12.1. The molecule has 2 heterocycles. The molecule has 0 saturated carbocycles. The first-order valence-electron chi connectivity index (χ1n) is 7.44. The van der Waals surface area contributed by atoms with Crippen LogP contribution in [0.15, 0.2) is 47.1 Å². The third-order valence-electron chi connectivity index (χ3n) is 4.03. The van der Waals surface area contributed by atoms with Crippen LogP contribution in [0.2, 0.25) is 0 Å². The van der Waals surface area contributed by atoms with Gasteiger partial charge in [0.05, 0.1) is 32.4 Å². The summed E-state index contributed by atoms with van der Waals surface area (Å²) in [5.74, 6) is 0.451. The van der Waals surface area contributed by atoms with Crippen molar-refractivity contribution in [3.63, 3.8) is 0 Å². The quantitative estimate of drug-likeness (QED) is 0.918. The maximum atomic E-state index is 12.2. The van der Waals surface area contributed by atoms with E-state index < -0.39 is 0 Å². The molecule has 0 bridgehead atoms. The molecule has 1 N–H and O–H groups in total. The fraction of sp³-hybridized carbons (Fsp3) is 0.353. The molecule has 0 unspecified atom stereocenters. The highest BCUT2D eigenvalue weighted by Crippen LogP contribution is 2.06. The minimum atomic E-state index is 0.00889. The topological polar surface area (TPSA) is 37.9 Å². The number of aryl methyl sites for hydroxylation is 1. The van der Waals surface area contributed by atoms with E-state index in [2.05, 4.69) is 31.2 Å². The summed E-state index contributed by atoms with van der Waals surface area (Å²) in [4.78, 5) is 15.6. The van der Waals surface area contributed by atoms with Crippen LogP contribution in [-0.4, -0.2) is 37.0 Å². The molecule has 4 heteroatoms. The van der Waals surface area contributed by atoms with E-state index in [-0.39, 0.29) is 5.91 Å². The number of amides is 1. The van der Waals surface area contributed by atoms with E-state index in [1.165, 1.54) is 16.0 Å². The van der Waals surface area contributed by atoms with Crippen molar-refractivity contribution in [2.45, 2.75) is 13.5 Å². The zero-order valence-electron chi connectivity index (χ0n) is 12.3. The number of nitrogens with one attached hydrogen (secondary N) is 1. The van der Waals surface area contributed by atoms with Crippen molar-refractivity contribution < 1.29 is 14.1 Å².